The molecule has 22 heavy (non-hydrogen) atoms. The van der Waals surface area contributed by atoms with Crippen molar-refractivity contribution < 1.29 is 23.4 Å². The lowest BCUT2D eigenvalue weighted by molar-refractivity contribution is 0.0696. The Balaban J connectivity index is 2.32. The summed E-state index contributed by atoms with van der Waals surface area (Å²) in [4.78, 5) is 10.8. The normalized spacial score (nSPS) is 21.5. The van der Waals surface area contributed by atoms with Crippen molar-refractivity contribution in [2.45, 2.75) is 30.8 Å². The van der Waals surface area contributed by atoms with Crippen LogP contribution >= 0.6 is 11.6 Å². The van der Waals surface area contributed by atoms with Crippen LogP contribution < -0.4 is 0 Å². The number of carboxylic acid groups (broad SMARTS) is 1. The number of nitrogens with zero attached hydrogens (tertiary/aromatic N) is 1. The molecule has 2 rings (SSSR count). The van der Waals surface area contributed by atoms with E-state index >= 15 is 0 Å². The van der Waals surface area contributed by atoms with E-state index in [0.29, 0.717) is 13.0 Å². The Morgan fingerprint density at radius 2 is 2.14 bits per heavy atom. The molecule has 1 aliphatic rings. The number of aromatic carboxylic acids is 1. The first-order valence-electron chi connectivity index (χ1n) is 6.94. The lowest BCUT2D eigenvalue weighted by Gasteiger charge is -2.33. The highest BCUT2D eigenvalue weighted by Crippen LogP contribution is 2.29. The molecular formula is C14H18ClNO5S. The lowest BCUT2D eigenvalue weighted by Crippen LogP contribution is -2.42. The first-order valence-corrected chi connectivity index (χ1v) is 8.76. The Morgan fingerprint density at radius 3 is 2.68 bits per heavy atom. The van der Waals surface area contributed by atoms with E-state index in [2.05, 4.69) is 0 Å². The van der Waals surface area contributed by atoms with Gasteiger partial charge in [-0.1, -0.05) is 11.6 Å². The Labute approximate surface area is 134 Å². The van der Waals surface area contributed by atoms with Crippen molar-refractivity contribution in [3.8, 4) is 0 Å². The molecule has 0 amide bonds. The topological polar surface area (TPSA) is 94.9 Å². The minimum atomic E-state index is -3.80. The predicted molar refractivity (Wildman–Crippen MR) is 81.6 cm³/mol. The van der Waals surface area contributed by atoms with Gasteiger partial charge in [-0.05, 0) is 43.9 Å². The Morgan fingerprint density at radius 1 is 1.45 bits per heavy atom. The molecule has 6 nitrogen and oxygen atoms in total. The monoisotopic (exact) mass is 347 g/mol. The van der Waals surface area contributed by atoms with Crippen LogP contribution in [0.2, 0.25) is 5.02 Å². The number of aliphatic hydroxyl groups is 1. The summed E-state index contributed by atoms with van der Waals surface area (Å²) in [5, 5.41) is 18.5. The Hall–Kier alpha value is -1.15. The average molecular weight is 348 g/mol. The third-order valence-corrected chi connectivity index (χ3v) is 6.25. The number of sulfonamides is 1. The van der Waals surface area contributed by atoms with Crippen LogP contribution in [0.5, 0.6) is 0 Å². The van der Waals surface area contributed by atoms with Gasteiger partial charge < -0.3 is 10.2 Å². The van der Waals surface area contributed by atoms with Crippen LogP contribution in [0.25, 0.3) is 0 Å². The third-order valence-electron chi connectivity index (χ3n) is 3.90. The van der Waals surface area contributed by atoms with E-state index in [1.54, 1.807) is 6.92 Å². The summed E-state index contributed by atoms with van der Waals surface area (Å²) in [6, 6.07) is 3.57. The fraction of sp³-hybridized carbons (Fsp3) is 0.500. The quantitative estimate of drug-likeness (QED) is 0.866. The number of piperidine rings is 1. The van der Waals surface area contributed by atoms with Crippen LogP contribution in [0.4, 0.5) is 0 Å². The highest BCUT2D eigenvalue weighted by Gasteiger charge is 2.33. The molecule has 1 aromatic rings. The highest BCUT2D eigenvalue weighted by molar-refractivity contribution is 7.89. The van der Waals surface area contributed by atoms with Crippen LogP contribution in [-0.2, 0) is 10.0 Å². The SMILES string of the molecule is CC(O)C1CCCN(S(=O)(=O)c2ccc(C(=O)O)cc2Cl)C1. The first-order chi connectivity index (χ1) is 10.2. The summed E-state index contributed by atoms with van der Waals surface area (Å²) >= 11 is 5.96. The molecule has 2 unspecified atom stereocenters. The van der Waals surface area contributed by atoms with Gasteiger partial charge >= 0.3 is 5.97 Å². The van der Waals surface area contributed by atoms with Gasteiger partial charge in [-0.2, -0.15) is 4.31 Å². The van der Waals surface area contributed by atoms with Gasteiger partial charge in [0.1, 0.15) is 4.90 Å². The molecule has 1 aliphatic heterocycles. The zero-order valence-corrected chi connectivity index (χ0v) is 13.6. The molecule has 1 aromatic carbocycles. The molecule has 8 heteroatoms. The van der Waals surface area contributed by atoms with Crippen LogP contribution in [-0.4, -0.2) is 48.1 Å². The summed E-state index contributed by atoms with van der Waals surface area (Å²) in [7, 11) is -3.80. The van der Waals surface area contributed by atoms with Crippen LogP contribution in [0, 0.1) is 5.92 Å². The van der Waals surface area contributed by atoms with Crippen molar-refractivity contribution in [1.29, 1.82) is 0 Å². The summed E-state index contributed by atoms with van der Waals surface area (Å²) in [6.45, 7) is 2.25. The summed E-state index contributed by atoms with van der Waals surface area (Å²) in [6.07, 6.45) is 0.859. The summed E-state index contributed by atoms with van der Waals surface area (Å²) < 4.78 is 26.6. The Kier molecular flexibility index (Phi) is 5.11. The second-order valence-electron chi connectivity index (χ2n) is 5.46. The van der Waals surface area contributed by atoms with Crippen LogP contribution in [0.1, 0.15) is 30.1 Å². The van der Waals surface area contributed by atoms with Crippen LogP contribution in [0.15, 0.2) is 23.1 Å². The molecule has 0 aliphatic carbocycles. The van der Waals surface area contributed by atoms with Gasteiger partial charge in [0.25, 0.3) is 0 Å². The van der Waals surface area contributed by atoms with Crippen molar-refractivity contribution in [2.24, 2.45) is 5.92 Å². The van der Waals surface area contributed by atoms with Crippen LogP contribution in [0.3, 0.4) is 0 Å². The van der Waals surface area contributed by atoms with Gasteiger partial charge in [-0.15, -0.1) is 0 Å². The first kappa shape index (κ1) is 17.2. The molecule has 2 atom stereocenters. The summed E-state index contributed by atoms with van der Waals surface area (Å²) in [5.41, 5.74) is -0.0653. The van der Waals surface area contributed by atoms with E-state index in [0.717, 1.165) is 12.5 Å². The van der Waals surface area contributed by atoms with Crippen molar-refractivity contribution >= 4 is 27.6 Å². The number of halogens is 1. The number of carbonyl (C=O) groups is 1. The van der Waals surface area contributed by atoms with Crippen molar-refractivity contribution in [1.82, 2.24) is 4.31 Å². The number of carboxylic acids is 1. The van der Waals surface area contributed by atoms with Gasteiger partial charge in [-0.3, -0.25) is 0 Å². The van der Waals surface area contributed by atoms with Gasteiger partial charge in [0, 0.05) is 13.1 Å². The molecule has 1 fully saturated rings. The zero-order valence-electron chi connectivity index (χ0n) is 12.1. The van der Waals surface area contributed by atoms with E-state index in [-0.39, 0.29) is 27.9 Å². The molecule has 0 aromatic heterocycles. The maximum atomic E-state index is 12.7. The van der Waals surface area contributed by atoms with Gasteiger partial charge in [0.2, 0.25) is 10.0 Å². The zero-order chi connectivity index (χ0) is 16.5. The van der Waals surface area contributed by atoms with Gasteiger partial charge in [-0.25, -0.2) is 13.2 Å². The van der Waals surface area contributed by atoms with E-state index in [4.69, 9.17) is 16.7 Å². The Bertz CT molecular complexity index is 674. The number of benzene rings is 1. The van der Waals surface area contributed by atoms with E-state index < -0.39 is 22.1 Å². The van der Waals surface area contributed by atoms with Gasteiger partial charge in [0.05, 0.1) is 16.7 Å². The van der Waals surface area contributed by atoms with E-state index in [1.165, 1.54) is 16.4 Å². The van der Waals surface area contributed by atoms with Gasteiger partial charge in [0.15, 0.2) is 0 Å². The predicted octanol–water partition coefficient (Wildman–Crippen LogP) is 1.82. The lowest BCUT2D eigenvalue weighted by atomic mass is 9.95. The summed E-state index contributed by atoms with van der Waals surface area (Å²) in [5.74, 6) is -1.28. The standard InChI is InChI=1S/C14H18ClNO5S/c1-9(17)11-3-2-6-16(8-11)22(20,21)13-5-4-10(14(18)19)7-12(13)15/h4-5,7,9,11,17H,2-3,6,8H2,1H3,(H,18,19). The minimum Gasteiger partial charge on any atom is -0.478 e. The average Bonchev–Trinajstić information content (AvgIpc) is 2.46. The molecule has 2 N–H and O–H groups in total. The molecule has 0 saturated carbocycles. The van der Waals surface area contributed by atoms with Crippen molar-refractivity contribution in [2.75, 3.05) is 13.1 Å². The number of hydrogen-bond acceptors (Lipinski definition) is 4. The second-order valence-corrected chi connectivity index (χ2v) is 7.77. The van der Waals surface area contributed by atoms with Crippen molar-refractivity contribution in [3.05, 3.63) is 28.8 Å². The fourth-order valence-corrected chi connectivity index (χ4v) is 4.62. The molecule has 1 saturated heterocycles. The molecular weight excluding hydrogens is 330 g/mol. The number of aliphatic hydroxyl groups excluding tert-OH is 1. The minimum absolute atomic E-state index is 0.0653. The van der Waals surface area contributed by atoms with E-state index in [1.807, 2.05) is 0 Å². The van der Waals surface area contributed by atoms with Crippen molar-refractivity contribution in [3.63, 3.8) is 0 Å². The largest absolute Gasteiger partial charge is 0.478 e. The molecule has 0 bridgehead atoms. The highest BCUT2D eigenvalue weighted by atomic mass is 35.5. The van der Waals surface area contributed by atoms with E-state index in [9.17, 15) is 18.3 Å². The number of rotatable bonds is 4. The smallest absolute Gasteiger partial charge is 0.335 e. The molecule has 122 valence electrons. The number of hydrogen-bond donors (Lipinski definition) is 2. The third kappa shape index (κ3) is 3.43. The fourth-order valence-electron chi connectivity index (χ4n) is 2.57. The maximum Gasteiger partial charge on any atom is 0.335 e. The molecule has 0 radical (unpaired) electrons. The molecule has 1 heterocycles. The maximum absolute atomic E-state index is 12.7. The molecule has 0 spiro atoms. The second kappa shape index (κ2) is 6.54.